The van der Waals surface area contributed by atoms with Crippen molar-refractivity contribution in [2.24, 2.45) is 0 Å². The van der Waals surface area contributed by atoms with Gasteiger partial charge in [-0.05, 0) is 55.8 Å². The van der Waals surface area contributed by atoms with Gasteiger partial charge < -0.3 is 14.8 Å². The van der Waals surface area contributed by atoms with E-state index in [0.29, 0.717) is 17.3 Å². The highest BCUT2D eigenvalue weighted by molar-refractivity contribution is 6.32. The number of ether oxygens (including phenoxy) is 2. The SMILES string of the molecule is COc1ccc([C@@H](CNC(=O)COc2ccccc2Cl)N2CCCC2)cc1. The maximum atomic E-state index is 12.3. The van der Waals surface area contributed by atoms with Gasteiger partial charge in [0, 0.05) is 6.54 Å². The van der Waals surface area contributed by atoms with Crippen LogP contribution in [0.4, 0.5) is 0 Å². The van der Waals surface area contributed by atoms with Crippen molar-refractivity contribution in [2.45, 2.75) is 18.9 Å². The fourth-order valence-corrected chi connectivity index (χ4v) is 3.49. The quantitative estimate of drug-likeness (QED) is 0.749. The fourth-order valence-electron chi connectivity index (χ4n) is 3.30. The van der Waals surface area contributed by atoms with Crippen LogP contribution in [0.25, 0.3) is 0 Å². The molecule has 3 rings (SSSR count). The number of nitrogens with zero attached hydrogens (tertiary/aromatic N) is 1. The number of likely N-dealkylation sites (tertiary alicyclic amines) is 1. The summed E-state index contributed by atoms with van der Waals surface area (Å²) in [5.74, 6) is 1.18. The van der Waals surface area contributed by atoms with Crippen molar-refractivity contribution in [2.75, 3.05) is 33.4 Å². The Morgan fingerprint density at radius 2 is 1.85 bits per heavy atom. The van der Waals surface area contributed by atoms with Gasteiger partial charge in [-0.15, -0.1) is 0 Å². The van der Waals surface area contributed by atoms with Gasteiger partial charge in [-0.1, -0.05) is 35.9 Å². The number of methoxy groups -OCH3 is 1. The van der Waals surface area contributed by atoms with Crippen LogP contribution >= 0.6 is 11.6 Å². The van der Waals surface area contributed by atoms with E-state index in [4.69, 9.17) is 21.1 Å². The molecule has 1 amide bonds. The molecule has 5 nitrogen and oxygen atoms in total. The molecule has 2 aromatic rings. The van der Waals surface area contributed by atoms with Crippen LogP contribution in [0.2, 0.25) is 5.02 Å². The Labute approximate surface area is 165 Å². The van der Waals surface area contributed by atoms with Crippen LogP contribution in [0.3, 0.4) is 0 Å². The van der Waals surface area contributed by atoms with Gasteiger partial charge in [0.2, 0.25) is 0 Å². The number of amides is 1. The predicted molar refractivity (Wildman–Crippen MR) is 106 cm³/mol. The third-order valence-electron chi connectivity index (χ3n) is 4.77. The van der Waals surface area contributed by atoms with Gasteiger partial charge in [0.05, 0.1) is 18.2 Å². The monoisotopic (exact) mass is 388 g/mol. The molecule has 1 fully saturated rings. The molecule has 0 spiro atoms. The number of rotatable bonds is 8. The number of carbonyl (C=O) groups is 1. The van der Waals surface area contributed by atoms with E-state index in [2.05, 4.69) is 22.3 Å². The number of carbonyl (C=O) groups excluding carboxylic acids is 1. The third kappa shape index (κ3) is 5.37. The summed E-state index contributed by atoms with van der Waals surface area (Å²) < 4.78 is 10.8. The largest absolute Gasteiger partial charge is 0.497 e. The number of hydrogen-bond acceptors (Lipinski definition) is 4. The molecule has 1 atom stereocenters. The molecule has 0 aromatic heterocycles. The molecule has 0 unspecified atom stereocenters. The molecule has 1 aliphatic rings. The number of nitrogens with one attached hydrogen (secondary N) is 1. The first kappa shape index (κ1) is 19.5. The molecule has 144 valence electrons. The van der Waals surface area contributed by atoms with Crippen molar-refractivity contribution < 1.29 is 14.3 Å². The number of hydrogen-bond donors (Lipinski definition) is 1. The highest BCUT2D eigenvalue weighted by Crippen LogP contribution is 2.26. The third-order valence-corrected chi connectivity index (χ3v) is 5.08. The number of benzene rings is 2. The van der Waals surface area contributed by atoms with Gasteiger partial charge in [-0.2, -0.15) is 0 Å². The summed E-state index contributed by atoms with van der Waals surface area (Å²) in [6.07, 6.45) is 2.38. The van der Waals surface area contributed by atoms with E-state index in [1.807, 2.05) is 24.3 Å². The Morgan fingerprint density at radius 1 is 1.15 bits per heavy atom. The first-order valence-electron chi connectivity index (χ1n) is 9.19. The van der Waals surface area contributed by atoms with Crippen molar-refractivity contribution in [3.63, 3.8) is 0 Å². The zero-order chi connectivity index (χ0) is 19.1. The highest BCUT2D eigenvalue weighted by Gasteiger charge is 2.24. The van der Waals surface area contributed by atoms with Crippen LogP contribution < -0.4 is 14.8 Å². The molecule has 1 aliphatic heterocycles. The van der Waals surface area contributed by atoms with Crippen LogP contribution in [0.5, 0.6) is 11.5 Å². The summed E-state index contributed by atoms with van der Waals surface area (Å²) in [7, 11) is 1.66. The van der Waals surface area contributed by atoms with Crippen LogP contribution in [-0.4, -0.2) is 44.2 Å². The summed E-state index contributed by atoms with van der Waals surface area (Å²) in [5.41, 5.74) is 1.17. The number of para-hydroxylation sites is 1. The normalized spacial score (nSPS) is 15.3. The number of halogens is 1. The molecular weight excluding hydrogens is 364 g/mol. The smallest absolute Gasteiger partial charge is 0.258 e. The summed E-state index contributed by atoms with van der Waals surface area (Å²) in [4.78, 5) is 14.7. The zero-order valence-electron chi connectivity index (χ0n) is 15.5. The average Bonchev–Trinajstić information content (AvgIpc) is 3.22. The Hall–Kier alpha value is -2.24. The minimum absolute atomic E-state index is 0.0565. The van der Waals surface area contributed by atoms with E-state index in [0.717, 1.165) is 18.8 Å². The molecule has 0 aliphatic carbocycles. The van der Waals surface area contributed by atoms with E-state index in [1.165, 1.54) is 18.4 Å². The summed E-state index contributed by atoms with van der Waals surface area (Å²) in [6, 6.07) is 15.3. The van der Waals surface area contributed by atoms with E-state index in [9.17, 15) is 4.79 Å². The molecule has 0 radical (unpaired) electrons. The van der Waals surface area contributed by atoms with Gasteiger partial charge in [-0.25, -0.2) is 0 Å². The molecular formula is C21H25ClN2O3. The second kappa shape index (κ2) is 9.62. The second-order valence-electron chi connectivity index (χ2n) is 6.56. The van der Waals surface area contributed by atoms with Gasteiger partial charge in [0.25, 0.3) is 5.91 Å². The van der Waals surface area contributed by atoms with Crippen molar-refractivity contribution >= 4 is 17.5 Å². The summed E-state index contributed by atoms with van der Waals surface area (Å²) in [6.45, 7) is 2.57. The van der Waals surface area contributed by atoms with Crippen molar-refractivity contribution in [3.05, 3.63) is 59.1 Å². The maximum Gasteiger partial charge on any atom is 0.258 e. The molecule has 27 heavy (non-hydrogen) atoms. The average molecular weight is 389 g/mol. The van der Waals surface area contributed by atoms with E-state index >= 15 is 0 Å². The lowest BCUT2D eigenvalue weighted by molar-refractivity contribution is -0.123. The Bertz CT molecular complexity index is 745. The van der Waals surface area contributed by atoms with Crippen molar-refractivity contribution in [1.82, 2.24) is 10.2 Å². The van der Waals surface area contributed by atoms with Gasteiger partial charge in [0.15, 0.2) is 6.61 Å². The van der Waals surface area contributed by atoms with Crippen LogP contribution in [-0.2, 0) is 4.79 Å². The van der Waals surface area contributed by atoms with Crippen LogP contribution in [0.1, 0.15) is 24.4 Å². The lowest BCUT2D eigenvalue weighted by Crippen LogP contribution is -2.38. The van der Waals surface area contributed by atoms with E-state index in [-0.39, 0.29) is 18.6 Å². The van der Waals surface area contributed by atoms with Crippen LogP contribution in [0.15, 0.2) is 48.5 Å². The van der Waals surface area contributed by atoms with Crippen molar-refractivity contribution in [3.8, 4) is 11.5 Å². The second-order valence-corrected chi connectivity index (χ2v) is 6.96. The maximum absolute atomic E-state index is 12.3. The van der Waals surface area contributed by atoms with Gasteiger partial charge >= 0.3 is 0 Å². The summed E-state index contributed by atoms with van der Waals surface area (Å²) in [5, 5.41) is 3.50. The predicted octanol–water partition coefficient (Wildman–Crippen LogP) is 3.68. The Morgan fingerprint density at radius 3 is 2.52 bits per heavy atom. The minimum Gasteiger partial charge on any atom is -0.497 e. The molecule has 0 saturated carbocycles. The zero-order valence-corrected chi connectivity index (χ0v) is 16.2. The molecule has 0 bridgehead atoms. The molecule has 6 heteroatoms. The van der Waals surface area contributed by atoms with E-state index in [1.54, 1.807) is 19.2 Å². The lowest BCUT2D eigenvalue weighted by atomic mass is 10.1. The minimum atomic E-state index is -0.160. The Kier molecular flexibility index (Phi) is 6.96. The fraction of sp³-hybridized carbons (Fsp3) is 0.381. The molecule has 1 saturated heterocycles. The van der Waals surface area contributed by atoms with Crippen molar-refractivity contribution in [1.29, 1.82) is 0 Å². The first-order chi connectivity index (χ1) is 13.2. The van der Waals surface area contributed by atoms with E-state index < -0.39 is 0 Å². The van der Waals surface area contributed by atoms with Crippen LogP contribution in [0, 0.1) is 0 Å². The molecule has 1 N–H and O–H groups in total. The summed E-state index contributed by atoms with van der Waals surface area (Å²) >= 11 is 6.05. The first-order valence-corrected chi connectivity index (χ1v) is 9.57. The van der Waals surface area contributed by atoms with Gasteiger partial charge in [-0.3, -0.25) is 9.69 Å². The molecule has 2 aromatic carbocycles. The van der Waals surface area contributed by atoms with Gasteiger partial charge in [0.1, 0.15) is 11.5 Å². The topological polar surface area (TPSA) is 50.8 Å². The lowest BCUT2D eigenvalue weighted by Gasteiger charge is -2.28. The highest BCUT2D eigenvalue weighted by atomic mass is 35.5. The Balaban J connectivity index is 1.58. The standard InChI is InChI=1S/C21H25ClN2O3/c1-26-17-10-8-16(9-11-17)19(24-12-4-5-13-24)14-23-21(25)15-27-20-7-3-2-6-18(20)22/h2-3,6-11,19H,4-5,12-15H2,1H3,(H,23,25)/t19-/m1/s1. The molecule has 1 heterocycles.